The maximum absolute atomic E-state index is 11.3. The maximum atomic E-state index is 11.3. The van der Waals surface area contributed by atoms with E-state index in [9.17, 15) is 8.42 Å². The molecule has 0 aliphatic heterocycles. The number of nitrogens with zero attached hydrogens (tertiary/aromatic N) is 3. The van der Waals surface area contributed by atoms with Crippen LogP contribution in [0.2, 0.25) is 0 Å². The molecule has 1 rings (SSSR count). The lowest BCUT2D eigenvalue weighted by Gasteiger charge is -2.08. The molecule has 0 saturated heterocycles. The summed E-state index contributed by atoms with van der Waals surface area (Å²) in [4.78, 5) is 0. The van der Waals surface area contributed by atoms with Gasteiger partial charge in [0.15, 0.2) is 0 Å². The van der Waals surface area contributed by atoms with Crippen molar-refractivity contribution in [3.8, 4) is 0 Å². The highest BCUT2D eigenvalue weighted by Gasteiger charge is 2.14. The fourth-order valence-electron chi connectivity index (χ4n) is 0.821. The third kappa shape index (κ3) is 3.08. The summed E-state index contributed by atoms with van der Waals surface area (Å²) in [6, 6.07) is 0. The van der Waals surface area contributed by atoms with E-state index in [1.807, 2.05) is 0 Å². The second-order valence-corrected chi connectivity index (χ2v) is 5.48. The van der Waals surface area contributed by atoms with Gasteiger partial charge in [0.25, 0.3) is 0 Å². The van der Waals surface area contributed by atoms with E-state index in [2.05, 4.69) is 15.0 Å². The Bertz CT molecular complexity index is 357. The zero-order chi connectivity index (χ0) is 10.6. The van der Waals surface area contributed by atoms with Crippen LogP contribution in [0, 0.1) is 0 Å². The highest BCUT2D eigenvalue weighted by atomic mass is 32.2. The highest BCUT2D eigenvalue weighted by Crippen LogP contribution is 1.94. The first-order chi connectivity index (χ1) is 6.52. The third-order valence-electron chi connectivity index (χ3n) is 1.74. The summed E-state index contributed by atoms with van der Waals surface area (Å²) < 4.78 is 26.7. The van der Waals surface area contributed by atoms with Gasteiger partial charge in [0.1, 0.15) is 0 Å². The number of hydrogen-bond acceptors (Lipinski definition) is 4. The maximum Gasteiger partial charge on any atom is 0.213 e. The van der Waals surface area contributed by atoms with E-state index >= 15 is 0 Å². The molecule has 1 aromatic heterocycles. The van der Waals surface area contributed by atoms with E-state index in [-0.39, 0.29) is 0 Å². The Morgan fingerprint density at radius 2 is 2.21 bits per heavy atom. The largest absolute Gasteiger partial charge is 0.251 e. The molecule has 0 aliphatic carbocycles. The first-order valence-electron chi connectivity index (χ1n) is 4.35. The van der Waals surface area contributed by atoms with Crippen LogP contribution in [-0.2, 0) is 16.6 Å². The molecule has 6 nitrogen and oxygen atoms in total. The average molecular weight is 218 g/mol. The molecule has 1 N–H and O–H groups in total. The summed E-state index contributed by atoms with van der Waals surface area (Å²) in [6.45, 7) is 4.10. The van der Waals surface area contributed by atoms with Gasteiger partial charge in [0, 0.05) is 12.7 Å². The van der Waals surface area contributed by atoms with Crippen molar-refractivity contribution >= 4 is 10.0 Å². The Kier molecular flexibility index (Phi) is 3.59. The van der Waals surface area contributed by atoms with Crippen LogP contribution in [-0.4, -0.2) is 35.2 Å². The van der Waals surface area contributed by atoms with Gasteiger partial charge < -0.3 is 0 Å². The van der Waals surface area contributed by atoms with Crippen LogP contribution >= 0.6 is 0 Å². The molecule has 0 atom stereocenters. The van der Waals surface area contributed by atoms with Gasteiger partial charge in [-0.25, -0.2) is 13.1 Å². The van der Waals surface area contributed by atoms with Gasteiger partial charge >= 0.3 is 0 Å². The Hall–Kier alpha value is -0.950. The SMILES string of the molecule is CC(C)S(=O)(=O)NCCn1ccnn1. The predicted octanol–water partition coefficient (Wildman–Crippen LogP) is -0.394. The van der Waals surface area contributed by atoms with Crippen molar-refractivity contribution in [1.29, 1.82) is 0 Å². The zero-order valence-electron chi connectivity index (χ0n) is 8.21. The zero-order valence-corrected chi connectivity index (χ0v) is 9.03. The smallest absolute Gasteiger partial charge is 0.213 e. The molecular formula is C7H14N4O2S. The van der Waals surface area contributed by atoms with Crippen molar-refractivity contribution in [3.63, 3.8) is 0 Å². The average Bonchev–Trinajstić information content (AvgIpc) is 2.56. The van der Waals surface area contributed by atoms with Crippen molar-refractivity contribution in [2.24, 2.45) is 0 Å². The molecular weight excluding hydrogens is 204 g/mol. The number of sulfonamides is 1. The molecule has 0 saturated carbocycles. The van der Waals surface area contributed by atoms with E-state index in [1.54, 1.807) is 30.9 Å². The molecule has 1 aromatic rings. The van der Waals surface area contributed by atoms with Crippen molar-refractivity contribution in [2.45, 2.75) is 25.6 Å². The molecule has 1 heterocycles. The van der Waals surface area contributed by atoms with Crippen LogP contribution < -0.4 is 4.72 Å². The quantitative estimate of drug-likeness (QED) is 0.730. The third-order valence-corrected chi connectivity index (χ3v) is 3.58. The summed E-state index contributed by atoms with van der Waals surface area (Å²) in [5, 5.41) is 6.92. The van der Waals surface area contributed by atoms with Gasteiger partial charge in [0.05, 0.1) is 18.0 Å². The summed E-state index contributed by atoms with van der Waals surface area (Å²) in [7, 11) is -3.16. The molecule has 0 bridgehead atoms. The lowest BCUT2D eigenvalue weighted by molar-refractivity contribution is 0.547. The second-order valence-electron chi connectivity index (χ2n) is 3.15. The summed E-state index contributed by atoms with van der Waals surface area (Å²) >= 11 is 0. The number of hydrogen-bond donors (Lipinski definition) is 1. The fraction of sp³-hybridized carbons (Fsp3) is 0.714. The standard InChI is InChI=1S/C7H14N4O2S/c1-7(2)14(12,13)9-4-6-11-5-3-8-10-11/h3,5,7,9H,4,6H2,1-2H3. The summed E-state index contributed by atoms with van der Waals surface area (Å²) in [5.74, 6) is 0. The second kappa shape index (κ2) is 4.52. The van der Waals surface area contributed by atoms with Crippen molar-refractivity contribution in [2.75, 3.05) is 6.54 Å². The van der Waals surface area contributed by atoms with Gasteiger partial charge in [-0.1, -0.05) is 5.21 Å². The summed E-state index contributed by atoms with van der Waals surface area (Å²) in [5.41, 5.74) is 0. The number of rotatable bonds is 5. The van der Waals surface area contributed by atoms with Crippen LogP contribution in [0.15, 0.2) is 12.4 Å². The molecule has 80 valence electrons. The lowest BCUT2D eigenvalue weighted by atomic mass is 10.6. The number of aromatic nitrogens is 3. The Morgan fingerprint density at radius 3 is 2.71 bits per heavy atom. The molecule has 7 heteroatoms. The first-order valence-corrected chi connectivity index (χ1v) is 5.89. The molecule has 0 radical (unpaired) electrons. The van der Waals surface area contributed by atoms with E-state index in [1.165, 1.54) is 0 Å². The van der Waals surface area contributed by atoms with Crippen molar-refractivity contribution in [3.05, 3.63) is 12.4 Å². The van der Waals surface area contributed by atoms with E-state index in [4.69, 9.17) is 0 Å². The van der Waals surface area contributed by atoms with Crippen LogP contribution in [0.4, 0.5) is 0 Å². The highest BCUT2D eigenvalue weighted by molar-refractivity contribution is 7.90. The normalized spacial score (nSPS) is 12.2. The molecule has 0 spiro atoms. The van der Waals surface area contributed by atoms with E-state index < -0.39 is 15.3 Å². The van der Waals surface area contributed by atoms with Gasteiger partial charge in [-0.05, 0) is 13.8 Å². The van der Waals surface area contributed by atoms with Gasteiger partial charge in [-0.2, -0.15) is 0 Å². The molecule has 0 aliphatic rings. The minimum Gasteiger partial charge on any atom is -0.251 e. The molecule has 0 amide bonds. The van der Waals surface area contributed by atoms with Gasteiger partial charge in [-0.3, -0.25) is 4.68 Å². The fourth-order valence-corrected chi connectivity index (χ4v) is 1.53. The topological polar surface area (TPSA) is 76.9 Å². The van der Waals surface area contributed by atoms with Crippen molar-refractivity contribution in [1.82, 2.24) is 19.7 Å². The minimum atomic E-state index is -3.16. The first kappa shape index (κ1) is 11.1. The lowest BCUT2D eigenvalue weighted by Crippen LogP contribution is -2.33. The Labute approximate surface area is 83.4 Å². The van der Waals surface area contributed by atoms with E-state index in [0.29, 0.717) is 13.1 Å². The molecule has 0 aromatic carbocycles. The van der Waals surface area contributed by atoms with Crippen LogP contribution in [0.5, 0.6) is 0 Å². The van der Waals surface area contributed by atoms with Crippen molar-refractivity contribution < 1.29 is 8.42 Å². The molecule has 14 heavy (non-hydrogen) atoms. The molecule has 0 fully saturated rings. The monoisotopic (exact) mass is 218 g/mol. The van der Waals surface area contributed by atoms with Crippen LogP contribution in [0.3, 0.4) is 0 Å². The molecule has 0 unspecified atom stereocenters. The van der Waals surface area contributed by atoms with E-state index in [0.717, 1.165) is 0 Å². The Balaban J connectivity index is 2.36. The predicted molar refractivity (Wildman–Crippen MR) is 52.1 cm³/mol. The van der Waals surface area contributed by atoms with Gasteiger partial charge in [0.2, 0.25) is 10.0 Å². The summed E-state index contributed by atoms with van der Waals surface area (Å²) in [6.07, 6.45) is 3.24. The number of nitrogens with one attached hydrogen (secondary N) is 1. The van der Waals surface area contributed by atoms with Crippen LogP contribution in [0.25, 0.3) is 0 Å². The van der Waals surface area contributed by atoms with Gasteiger partial charge in [-0.15, -0.1) is 5.10 Å². The Morgan fingerprint density at radius 1 is 1.50 bits per heavy atom. The minimum absolute atomic E-state index is 0.337. The van der Waals surface area contributed by atoms with Crippen LogP contribution in [0.1, 0.15) is 13.8 Å².